The van der Waals surface area contributed by atoms with E-state index in [1.807, 2.05) is 22.8 Å². The molecule has 1 aromatic rings. The molecule has 0 radical (unpaired) electrons. The Labute approximate surface area is 149 Å². The molecule has 2 heterocycles. The first-order valence-corrected chi connectivity index (χ1v) is 9.37. The summed E-state index contributed by atoms with van der Waals surface area (Å²) in [6.07, 6.45) is 4.95. The van der Waals surface area contributed by atoms with Crippen LogP contribution in [0.4, 0.5) is 4.39 Å². The van der Waals surface area contributed by atoms with Crippen molar-refractivity contribution in [2.75, 3.05) is 19.6 Å². The summed E-state index contributed by atoms with van der Waals surface area (Å²) in [6.45, 7) is 4.23. The lowest BCUT2D eigenvalue weighted by Gasteiger charge is -2.38. The lowest BCUT2D eigenvalue weighted by Crippen LogP contribution is -2.51. The monoisotopic (exact) mass is 346 g/mol. The van der Waals surface area contributed by atoms with Gasteiger partial charge in [-0.05, 0) is 49.8 Å². The number of aryl methyl sites for hydroxylation is 1. The van der Waals surface area contributed by atoms with Gasteiger partial charge >= 0.3 is 0 Å². The van der Waals surface area contributed by atoms with E-state index in [1.165, 1.54) is 12.1 Å². The maximum absolute atomic E-state index is 13.3. The third kappa shape index (κ3) is 4.39. The molecule has 0 aromatic heterocycles. The van der Waals surface area contributed by atoms with Crippen LogP contribution in [-0.2, 0) is 16.0 Å². The van der Waals surface area contributed by atoms with Crippen molar-refractivity contribution >= 4 is 11.8 Å². The lowest BCUT2D eigenvalue weighted by atomic mass is 9.97. The Bertz CT molecular complexity index is 634. The van der Waals surface area contributed by atoms with Crippen LogP contribution < -0.4 is 0 Å². The molecule has 3 rings (SSSR count). The smallest absolute Gasteiger partial charge is 0.225 e. The minimum Gasteiger partial charge on any atom is -0.340 e. The van der Waals surface area contributed by atoms with Gasteiger partial charge in [0.05, 0.1) is 0 Å². The summed E-state index contributed by atoms with van der Waals surface area (Å²) in [6, 6.07) is 6.76. The molecule has 136 valence electrons. The van der Waals surface area contributed by atoms with Gasteiger partial charge in [-0.25, -0.2) is 4.39 Å². The topological polar surface area (TPSA) is 40.6 Å². The predicted octanol–water partition coefficient (Wildman–Crippen LogP) is 3.01. The molecule has 0 bridgehead atoms. The molecule has 25 heavy (non-hydrogen) atoms. The molecule has 0 unspecified atom stereocenters. The molecule has 2 aliphatic heterocycles. The first kappa shape index (κ1) is 17.9. The Balaban J connectivity index is 1.53. The van der Waals surface area contributed by atoms with Gasteiger partial charge < -0.3 is 9.80 Å². The molecule has 0 saturated carbocycles. The molecule has 2 atom stereocenters. The highest BCUT2D eigenvalue weighted by atomic mass is 19.1. The molecule has 1 aromatic carbocycles. The third-order valence-corrected chi connectivity index (χ3v) is 5.44. The quantitative estimate of drug-likeness (QED) is 0.822. The standard InChI is InChI=1S/C20H27FN2O2/c1-15(9-10-16-5-2-6-17(21)13-16)20(25)22-11-3-7-18(14-22)23-12-4-8-19(23)24/h2,5-6,13,15,18H,3-4,7-12,14H2,1H3/t15-,18+/m1/s1. The highest BCUT2D eigenvalue weighted by molar-refractivity contribution is 5.80. The zero-order valence-electron chi connectivity index (χ0n) is 14.9. The number of carbonyl (C=O) groups excluding carboxylic acids is 2. The fraction of sp³-hybridized carbons (Fsp3) is 0.600. The number of benzene rings is 1. The van der Waals surface area contributed by atoms with Gasteiger partial charge in [0.15, 0.2) is 0 Å². The summed E-state index contributed by atoms with van der Waals surface area (Å²) in [5, 5.41) is 0. The van der Waals surface area contributed by atoms with Crippen LogP contribution in [0.5, 0.6) is 0 Å². The van der Waals surface area contributed by atoms with E-state index in [2.05, 4.69) is 0 Å². The maximum Gasteiger partial charge on any atom is 0.225 e. The number of amides is 2. The Morgan fingerprint density at radius 2 is 2.16 bits per heavy atom. The zero-order valence-corrected chi connectivity index (χ0v) is 14.9. The average Bonchev–Trinajstić information content (AvgIpc) is 3.05. The highest BCUT2D eigenvalue weighted by Gasteiger charge is 2.33. The average molecular weight is 346 g/mol. The fourth-order valence-corrected chi connectivity index (χ4v) is 3.98. The summed E-state index contributed by atoms with van der Waals surface area (Å²) in [7, 11) is 0. The van der Waals surface area contributed by atoms with Gasteiger partial charge in [-0.3, -0.25) is 9.59 Å². The Kier molecular flexibility index (Phi) is 5.71. The molecule has 2 amide bonds. The Hall–Kier alpha value is -1.91. The first-order chi connectivity index (χ1) is 12.0. The third-order valence-electron chi connectivity index (χ3n) is 5.44. The number of hydrogen-bond donors (Lipinski definition) is 0. The van der Waals surface area contributed by atoms with E-state index in [0.717, 1.165) is 37.9 Å². The van der Waals surface area contributed by atoms with Crippen LogP contribution in [0.1, 0.15) is 44.6 Å². The van der Waals surface area contributed by atoms with Crippen molar-refractivity contribution in [3.8, 4) is 0 Å². The number of hydrogen-bond acceptors (Lipinski definition) is 2. The van der Waals surface area contributed by atoms with Crippen molar-refractivity contribution in [2.24, 2.45) is 5.92 Å². The molecule has 0 N–H and O–H groups in total. The van der Waals surface area contributed by atoms with E-state index < -0.39 is 0 Å². The van der Waals surface area contributed by atoms with E-state index >= 15 is 0 Å². The number of nitrogens with zero attached hydrogens (tertiary/aromatic N) is 2. The summed E-state index contributed by atoms with van der Waals surface area (Å²) >= 11 is 0. The lowest BCUT2D eigenvalue weighted by molar-refractivity contribution is -0.140. The number of likely N-dealkylation sites (tertiary alicyclic amines) is 2. The van der Waals surface area contributed by atoms with Crippen molar-refractivity contribution in [2.45, 2.75) is 51.5 Å². The summed E-state index contributed by atoms with van der Waals surface area (Å²) in [4.78, 5) is 28.6. The number of carbonyl (C=O) groups is 2. The van der Waals surface area contributed by atoms with Crippen LogP contribution in [0.25, 0.3) is 0 Å². The van der Waals surface area contributed by atoms with E-state index in [1.54, 1.807) is 6.07 Å². The number of rotatable bonds is 5. The summed E-state index contributed by atoms with van der Waals surface area (Å²) in [5.74, 6) is 0.0770. The van der Waals surface area contributed by atoms with E-state index in [0.29, 0.717) is 25.8 Å². The van der Waals surface area contributed by atoms with Crippen LogP contribution in [-0.4, -0.2) is 47.3 Å². The molecular formula is C20H27FN2O2. The molecule has 4 nitrogen and oxygen atoms in total. The summed E-state index contributed by atoms with van der Waals surface area (Å²) in [5.41, 5.74) is 0.929. The van der Waals surface area contributed by atoms with Crippen LogP contribution in [0, 0.1) is 11.7 Å². The minimum absolute atomic E-state index is 0.0868. The molecule has 0 aliphatic carbocycles. The SMILES string of the molecule is C[C@H](CCc1cccc(F)c1)C(=O)N1CCC[C@H](N2CCCC2=O)C1. The van der Waals surface area contributed by atoms with Crippen molar-refractivity contribution < 1.29 is 14.0 Å². The van der Waals surface area contributed by atoms with Crippen molar-refractivity contribution in [3.63, 3.8) is 0 Å². The van der Waals surface area contributed by atoms with Gasteiger partial charge in [-0.2, -0.15) is 0 Å². The zero-order chi connectivity index (χ0) is 17.8. The normalized spacial score (nSPS) is 22.3. The molecule has 2 aliphatic rings. The van der Waals surface area contributed by atoms with Crippen LogP contribution >= 0.6 is 0 Å². The van der Waals surface area contributed by atoms with Gasteiger partial charge in [-0.15, -0.1) is 0 Å². The Morgan fingerprint density at radius 3 is 2.88 bits per heavy atom. The van der Waals surface area contributed by atoms with E-state index in [4.69, 9.17) is 0 Å². The molecule has 0 spiro atoms. The Morgan fingerprint density at radius 1 is 1.32 bits per heavy atom. The van der Waals surface area contributed by atoms with E-state index in [-0.39, 0.29) is 29.6 Å². The molecular weight excluding hydrogens is 319 g/mol. The maximum atomic E-state index is 13.3. The van der Waals surface area contributed by atoms with Gasteiger partial charge in [0.1, 0.15) is 5.82 Å². The van der Waals surface area contributed by atoms with Crippen LogP contribution in [0.3, 0.4) is 0 Å². The second-order valence-corrected chi connectivity index (χ2v) is 7.34. The number of piperidine rings is 1. The van der Waals surface area contributed by atoms with Crippen LogP contribution in [0.2, 0.25) is 0 Å². The van der Waals surface area contributed by atoms with Gasteiger partial charge in [0.2, 0.25) is 11.8 Å². The first-order valence-electron chi connectivity index (χ1n) is 9.37. The molecule has 2 saturated heterocycles. The van der Waals surface area contributed by atoms with Gasteiger partial charge in [0, 0.05) is 38.0 Å². The van der Waals surface area contributed by atoms with Crippen molar-refractivity contribution in [3.05, 3.63) is 35.6 Å². The second kappa shape index (κ2) is 7.98. The molecule has 2 fully saturated rings. The van der Waals surface area contributed by atoms with Gasteiger partial charge in [0.25, 0.3) is 0 Å². The second-order valence-electron chi connectivity index (χ2n) is 7.34. The van der Waals surface area contributed by atoms with Crippen molar-refractivity contribution in [1.82, 2.24) is 9.80 Å². The van der Waals surface area contributed by atoms with Gasteiger partial charge in [-0.1, -0.05) is 19.1 Å². The highest BCUT2D eigenvalue weighted by Crippen LogP contribution is 2.23. The van der Waals surface area contributed by atoms with Crippen molar-refractivity contribution in [1.29, 1.82) is 0 Å². The number of halogens is 1. The molecule has 5 heteroatoms. The fourth-order valence-electron chi connectivity index (χ4n) is 3.98. The van der Waals surface area contributed by atoms with Crippen LogP contribution in [0.15, 0.2) is 24.3 Å². The summed E-state index contributed by atoms with van der Waals surface area (Å²) < 4.78 is 13.3. The minimum atomic E-state index is -0.231. The predicted molar refractivity (Wildman–Crippen MR) is 94.4 cm³/mol. The largest absolute Gasteiger partial charge is 0.340 e. The van der Waals surface area contributed by atoms with E-state index in [9.17, 15) is 14.0 Å².